The lowest BCUT2D eigenvalue weighted by molar-refractivity contribution is -0.0293. The molecule has 3 atom stereocenters. The predicted molar refractivity (Wildman–Crippen MR) is 73.4 cm³/mol. The molecule has 3 nitrogen and oxygen atoms in total. The van der Waals surface area contributed by atoms with Gasteiger partial charge in [0.2, 0.25) is 0 Å². The van der Waals surface area contributed by atoms with Gasteiger partial charge < -0.3 is 10.1 Å². The van der Waals surface area contributed by atoms with Gasteiger partial charge in [-0.2, -0.15) is 0 Å². The second kappa shape index (κ2) is 8.06. The van der Waals surface area contributed by atoms with Gasteiger partial charge in [-0.25, -0.2) is 0 Å². The second-order valence-electron chi connectivity index (χ2n) is 5.31. The molecular formula is C14H30N2O. The van der Waals surface area contributed by atoms with Crippen molar-refractivity contribution in [3.8, 4) is 0 Å². The molecule has 0 aromatic rings. The molecule has 0 aromatic carbocycles. The van der Waals surface area contributed by atoms with Crippen LogP contribution < -0.4 is 5.32 Å². The van der Waals surface area contributed by atoms with E-state index in [1.807, 2.05) is 0 Å². The molecule has 0 spiro atoms. The molecule has 3 heteroatoms. The molecule has 17 heavy (non-hydrogen) atoms. The van der Waals surface area contributed by atoms with Crippen molar-refractivity contribution in [2.45, 2.75) is 65.1 Å². The zero-order valence-electron chi connectivity index (χ0n) is 12.0. The Morgan fingerprint density at radius 1 is 1.35 bits per heavy atom. The van der Waals surface area contributed by atoms with Gasteiger partial charge in [-0.1, -0.05) is 13.8 Å². The average molecular weight is 242 g/mol. The molecule has 3 unspecified atom stereocenters. The Kier molecular flexibility index (Phi) is 7.09. The van der Waals surface area contributed by atoms with Crippen LogP contribution in [0, 0.1) is 0 Å². The molecule has 1 fully saturated rings. The molecule has 1 heterocycles. The largest absolute Gasteiger partial charge is 0.378 e. The lowest BCUT2D eigenvalue weighted by atomic mass is 10.0. The zero-order chi connectivity index (χ0) is 12.7. The van der Waals surface area contributed by atoms with Crippen LogP contribution in [0.3, 0.4) is 0 Å². The minimum Gasteiger partial charge on any atom is -0.378 e. The fourth-order valence-corrected chi connectivity index (χ4v) is 2.72. The summed E-state index contributed by atoms with van der Waals surface area (Å²) < 4.78 is 5.57. The summed E-state index contributed by atoms with van der Waals surface area (Å²) >= 11 is 0. The van der Waals surface area contributed by atoms with E-state index in [9.17, 15) is 0 Å². The van der Waals surface area contributed by atoms with E-state index in [0.29, 0.717) is 18.1 Å². The van der Waals surface area contributed by atoms with Gasteiger partial charge in [0.1, 0.15) is 0 Å². The highest BCUT2D eigenvalue weighted by Gasteiger charge is 2.26. The fraction of sp³-hybridized carbons (Fsp3) is 1.00. The monoisotopic (exact) mass is 242 g/mol. The van der Waals surface area contributed by atoms with Crippen LogP contribution in [0.2, 0.25) is 0 Å². The van der Waals surface area contributed by atoms with Crippen LogP contribution in [-0.2, 0) is 4.74 Å². The quantitative estimate of drug-likeness (QED) is 0.741. The van der Waals surface area contributed by atoms with Crippen molar-refractivity contribution >= 4 is 0 Å². The third-order valence-electron chi connectivity index (χ3n) is 3.75. The number of nitrogens with zero attached hydrogens (tertiary/aromatic N) is 1. The van der Waals surface area contributed by atoms with Crippen molar-refractivity contribution in [3.05, 3.63) is 0 Å². The molecule has 1 N–H and O–H groups in total. The number of ether oxygens (including phenoxy) is 1. The van der Waals surface area contributed by atoms with Gasteiger partial charge in [-0.15, -0.1) is 0 Å². The van der Waals surface area contributed by atoms with Crippen molar-refractivity contribution in [3.63, 3.8) is 0 Å². The van der Waals surface area contributed by atoms with E-state index in [4.69, 9.17) is 4.74 Å². The maximum atomic E-state index is 5.57. The summed E-state index contributed by atoms with van der Waals surface area (Å²) in [4.78, 5) is 2.63. The Balaban J connectivity index is 2.36. The SMILES string of the molecule is CCCNC(C)CC(C)N1CCOCC1CC. The summed E-state index contributed by atoms with van der Waals surface area (Å²) in [5.41, 5.74) is 0. The molecule has 102 valence electrons. The van der Waals surface area contributed by atoms with Gasteiger partial charge in [0.05, 0.1) is 13.2 Å². The highest BCUT2D eigenvalue weighted by molar-refractivity contribution is 4.81. The van der Waals surface area contributed by atoms with Gasteiger partial charge in [0.15, 0.2) is 0 Å². The highest BCUT2D eigenvalue weighted by Crippen LogP contribution is 2.17. The topological polar surface area (TPSA) is 24.5 Å². The molecule has 0 amide bonds. The van der Waals surface area contributed by atoms with Crippen molar-refractivity contribution in [1.29, 1.82) is 0 Å². The first-order valence-corrected chi connectivity index (χ1v) is 7.25. The molecular weight excluding hydrogens is 212 g/mol. The summed E-state index contributed by atoms with van der Waals surface area (Å²) in [5, 5.41) is 3.58. The summed E-state index contributed by atoms with van der Waals surface area (Å²) in [7, 11) is 0. The number of hydrogen-bond acceptors (Lipinski definition) is 3. The molecule has 0 aliphatic carbocycles. The van der Waals surface area contributed by atoms with Crippen LogP contribution in [0.1, 0.15) is 47.0 Å². The fourth-order valence-electron chi connectivity index (χ4n) is 2.72. The Morgan fingerprint density at radius 2 is 2.12 bits per heavy atom. The molecule has 0 aromatic heterocycles. The van der Waals surface area contributed by atoms with E-state index < -0.39 is 0 Å². The van der Waals surface area contributed by atoms with E-state index in [2.05, 4.69) is 37.9 Å². The van der Waals surface area contributed by atoms with E-state index in [1.165, 1.54) is 19.3 Å². The van der Waals surface area contributed by atoms with Gasteiger partial charge in [-0.3, -0.25) is 4.90 Å². The van der Waals surface area contributed by atoms with Gasteiger partial charge in [0.25, 0.3) is 0 Å². The Labute approximate surface area is 107 Å². The summed E-state index contributed by atoms with van der Waals surface area (Å²) in [6.45, 7) is 13.2. The normalized spacial score (nSPS) is 25.8. The second-order valence-corrected chi connectivity index (χ2v) is 5.31. The first-order chi connectivity index (χ1) is 8.19. The van der Waals surface area contributed by atoms with Crippen LogP contribution in [0.25, 0.3) is 0 Å². The van der Waals surface area contributed by atoms with E-state index >= 15 is 0 Å². The number of rotatable bonds is 7. The van der Waals surface area contributed by atoms with Crippen LogP contribution >= 0.6 is 0 Å². The molecule has 1 aliphatic heterocycles. The highest BCUT2D eigenvalue weighted by atomic mass is 16.5. The van der Waals surface area contributed by atoms with Crippen LogP contribution in [0.5, 0.6) is 0 Å². The first-order valence-electron chi connectivity index (χ1n) is 7.25. The minimum atomic E-state index is 0.616. The molecule has 0 saturated carbocycles. The van der Waals surface area contributed by atoms with Crippen LogP contribution in [0.15, 0.2) is 0 Å². The predicted octanol–water partition coefficient (Wildman–Crippen LogP) is 2.26. The lowest BCUT2D eigenvalue weighted by Crippen LogP contribution is -2.51. The lowest BCUT2D eigenvalue weighted by Gasteiger charge is -2.40. The third kappa shape index (κ3) is 4.94. The molecule has 1 aliphatic rings. The molecule has 1 rings (SSSR count). The molecule has 0 radical (unpaired) electrons. The summed E-state index contributed by atoms with van der Waals surface area (Å²) in [6.07, 6.45) is 3.64. The van der Waals surface area contributed by atoms with Crippen LogP contribution in [-0.4, -0.2) is 49.3 Å². The Morgan fingerprint density at radius 3 is 2.76 bits per heavy atom. The van der Waals surface area contributed by atoms with Crippen molar-refractivity contribution < 1.29 is 4.74 Å². The van der Waals surface area contributed by atoms with E-state index in [1.54, 1.807) is 0 Å². The Bertz CT molecular complexity index is 199. The minimum absolute atomic E-state index is 0.616. The zero-order valence-corrected chi connectivity index (χ0v) is 12.0. The van der Waals surface area contributed by atoms with Crippen molar-refractivity contribution in [2.24, 2.45) is 0 Å². The van der Waals surface area contributed by atoms with Gasteiger partial charge in [0, 0.05) is 24.7 Å². The maximum absolute atomic E-state index is 5.57. The van der Waals surface area contributed by atoms with Gasteiger partial charge >= 0.3 is 0 Å². The third-order valence-corrected chi connectivity index (χ3v) is 3.75. The first kappa shape index (κ1) is 14.9. The summed E-state index contributed by atoms with van der Waals surface area (Å²) in [6, 6.07) is 1.89. The van der Waals surface area contributed by atoms with Crippen molar-refractivity contribution in [2.75, 3.05) is 26.3 Å². The van der Waals surface area contributed by atoms with Gasteiger partial charge in [-0.05, 0) is 39.7 Å². The molecule has 1 saturated heterocycles. The number of hydrogen-bond donors (Lipinski definition) is 1. The Hall–Kier alpha value is -0.120. The van der Waals surface area contributed by atoms with Crippen LogP contribution in [0.4, 0.5) is 0 Å². The maximum Gasteiger partial charge on any atom is 0.0622 e. The average Bonchev–Trinajstić information content (AvgIpc) is 2.36. The van der Waals surface area contributed by atoms with Crippen molar-refractivity contribution in [1.82, 2.24) is 10.2 Å². The number of morpholine rings is 1. The number of nitrogens with one attached hydrogen (secondary N) is 1. The molecule has 0 bridgehead atoms. The van der Waals surface area contributed by atoms with E-state index in [-0.39, 0.29) is 0 Å². The standard InChI is InChI=1S/C14H30N2O/c1-5-7-15-12(3)10-13(4)16-8-9-17-11-14(16)6-2/h12-15H,5-11H2,1-4H3. The summed E-state index contributed by atoms with van der Waals surface area (Å²) in [5.74, 6) is 0. The van der Waals surface area contributed by atoms with E-state index in [0.717, 1.165) is 26.3 Å². The smallest absolute Gasteiger partial charge is 0.0622 e.